The van der Waals surface area contributed by atoms with Crippen LogP contribution in [-0.2, 0) is 6.18 Å². The standard InChI is InChI=1S/C8H4ClF4NO/c9-7(14-15)6-4(8(11,12)13)2-1-3-5(6)10/h1-3,15H/b14-7-. The van der Waals surface area contributed by atoms with Crippen LogP contribution in [0.1, 0.15) is 11.1 Å². The predicted octanol–water partition coefficient (Wildman–Crippen LogP) is 3.22. The summed E-state index contributed by atoms with van der Waals surface area (Å²) >= 11 is 5.17. The highest BCUT2D eigenvalue weighted by Gasteiger charge is 2.35. The van der Waals surface area contributed by atoms with Gasteiger partial charge in [-0.2, -0.15) is 13.2 Å². The van der Waals surface area contributed by atoms with Crippen molar-refractivity contribution >= 4 is 16.8 Å². The minimum Gasteiger partial charge on any atom is -0.410 e. The van der Waals surface area contributed by atoms with E-state index in [4.69, 9.17) is 16.8 Å². The number of hydrogen-bond acceptors (Lipinski definition) is 2. The van der Waals surface area contributed by atoms with E-state index in [9.17, 15) is 17.6 Å². The van der Waals surface area contributed by atoms with Crippen molar-refractivity contribution < 1.29 is 22.8 Å². The van der Waals surface area contributed by atoms with E-state index in [2.05, 4.69) is 5.16 Å². The van der Waals surface area contributed by atoms with Gasteiger partial charge in [0.1, 0.15) is 5.82 Å². The van der Waals surface area contributed by atoms with Gasteiger partial charge in [0.15, 0.2) is 5.17 Å². The van der Waals surface area contributed by atoms with Crippen molar-refractivity contribution in [3.05, 3.63) is 35.1 Å². The number of alkyl halides is 3. The SMILES string of the molecule is O/N=C(\Cl)c1c(F)cccc1C(F)(F)F. The van der Waals surface area contributed by atoms with Gasteiger partial charge >= 0.3 is 6.18 Å². The zero-order valence-corrected chi connectivity index (χ0v) is 7.77. The van der Waals surface area contributed by atoms with Crippen LogP contribution in [0.15, 0.2) is 23.4 Å². The molecule has 0 spiro atoms. The molecule has 0 aliphatic rings. The van der Waals surface area contributed by atoms with E-state index in [0.717, 1.165) is 12.1 Å². The first kappa shape index (κ1) is 11.8. The third-order valence-corrected chi connectivity index (χ3v) is 1.88. The highest BCUT2D eigenvalue weighted by Crippen LogP contribution is 2.33. The summed E-state index contributed by atoms with van der Waals surface area (Å²) in [5.74, 6) is -1.20. The number of nitrogens with zero attached hydrogens (tertiary/aromatic N) is 1. The predicted molar refractivity (Wildman–Crippen MR) is 45.6 cm³/mol. The smallest absolute Gasteiger partial charge is 0.410 e. The Morgan fingerprint density at radius 3 is 2.40 bits per heavy atom. The maximum absolute atomic E-state index is 13.0. The Balaban J connectivity index is 3.47. The van der Waals surface area contributed by atoms with Crippen molar-refractivity contribution in [3.8, 4) is 0 Å². The molecule has 1 N–H and O–H groups in total. The third kappa shape index (κ3) is 2.38. The topological polar surface area (TPSA) is 32.6 Å². The zero-order valence-electron chi connectivity index (χ0n) is 7.02. The van der Waals surface area contributed by atoms with E-state index in [-0.39, 0.29) is 0 Å². The second kappa shape index (κ2) is 4.06. The third-order valence-electron chi connectivity index (χ3n) is 1.61. The van der Waals surface area contributed by atoms with Crippen molar-refractivity contribution in [1.82, 2.24) is 0 Å². The molecule has 0 saturated carbocycles. The summed E-state index contributed by atoms with van der Waals surface area (Å²) in [6.07, 6.45) is -4.76. The van der Waals surface area contributed by atoms with Crippen LogP contribution in [0, 0.1) is 5.82 Å². The van der Waals surface area contributed by atoms with Crippen LogP contribution < -0.4 is 0 Å². The van der Waals surface area contributed by atoms with Crippen LogP contribution in [-0.4, -0.2) is 10.4 Å². The number of hydrogen-bond donors (Lipinski definition) is 1. The van der Waals surface area contributed by atoms with Crippen LogP contribution in [0.5, 0.6) is 0 Å². The molecule has 2 nitrogen and oxygen atoms in total. The van der Waals surface area contributed by atoms with Crippen LogP contribution in [0.4, 0.5) is 17.6 Å². The Bertz CT molecular complexity index is 402. The van der Waals surface area contributed by atoms with Crippen molar-refractivity contribution in [2.45, 2.75) is 6.18 Å². The Morgan fingerprint density at radius 2 is 1.93 bits per heavy atom. The molecule has 1 aromatic carbocycles. The van der Waals surface area contributed by atoms with Crippen LogP contribution >= 0.6 is 11.6 Å². The Labute approximate surface area is 86.8 Å². The van der Waals surface area contributed by atoms with Crippen molar-refractivity contribution in [2.75, 3.05) is 0 Å². The molecule has 1 aromatic rings. The highest BCUT2D eigenvalue weighted by atomic mass is 35.5. The lowest BCUT2D eigenvalue weighted by atomic mass is 10.1. The van der Waals surface area contributed by atoms with E-state index in [1.54, 1.807) is 0 Å². The van der Waals surface area contributed by atoms with Crippen LogP contribution in [0.2, 0.25) is 0 Å². The van der Waals surface area contributed by atoms with Crippen molar-refractivity contribution in [2.24, 2.45) is 5.16 Å². The molecule has 0 radical (unpaired) electrons. The van der Waals surface area contributed by atoms with E-state index in [0.29, 0.717) is 6.07 Å². The summed E-state index contributed by atoms with van der Waals surface area (Å²) in [6.45, 7) is 0. The van der Waals surface area contributed by atoms with Gasteiger partial charge in [-0.15, -0.1) is 0 Å². The fraction of sp³-hybridized carbons (Fsp3) is 0.125. The van der Waals surface area contributed by atoms with Crippen molar-refractivity contribution in [1.29, 1.82) is 0 Å². The van der Waals surface area contributed by atoms with E-state index >= 15 is 0 Å². The maximum atomic E-state index is 13.0. The zero-order chi connectivity index (χ0) is 11.6. The first-order chi connectivity index (χ1) is 6.88. The van der Waals surface area contributed by atoms with E-state index in [1.807, 2.05) is 0 Å². The summed E-state index contributed by atoms with van der Waals surface area (Å²) in [6, 6.07) is 2.33. The minimum absolute atomic E-state index is 0.645. The fourth-order valence-electron chi connectivity index (χ4n) is 1.02. The van der Waals surface area contributed by atoms with Gasteiger partial charge in [-0.25, -0.2) is 4.39 Å². The number of rotatable bonds is 1. The quantitative estimate of drug-likeness (QED) is 0.348. The van der Waals surface area contributed by atoms with Gasteiger partial charge in [-0.05, 0) is 12.1 Å². The molecular weight excluding hydrogens is 238 g/mol. The second-order valence-electron chi connectivity index (χ2n) is 2.55. The fourth-order valence-corrected chi connectivity index (χ4v) is 1.21. The average Bonchev–Trinajstić information content (AvgIpc) is 2.15. The lowest BCUT2D eigenvalue weighted by Gasteiger charge is -2.11. The molecule has 0 saturated heterocycles. The monoisotopic (exact) mass is 241 g/mol. The average molecular weight is 242 g/mol. The lowest BCUT2D eigenvalue weighted by molar-refractivity contribution is -0.137. The Morgan fingerprint density at radius 1 is 1.33 bits per heavy atom. The molecule has 0 fully saturated rings. The van der Waals surface area contributed by atoms with Gasteiger partial charge in [-0.3, -0.25) is 0 Å². The summed E-state index contributed by atoms with van der Waals surface area (Å²) < 4.78 is 50.1. The van der Waals surface area contributed by atoms with Crippen LogP contribution in [0.3, 0.4) is 0 Å². The number of halogens is 5. The molecule has 0 aliphatic carbocycles. The molecule has 0 atom stereocenters. The molecule has 82 valence electrons. The minimum atomic E-state index is -4.76. The molecule has 0 unspecified atom stereocenters. The summed E-state index contributed by atoms with van der Waals surface area (Å²) in [4.78, 5) is 0. The molecule has 1 rings (SSSR count). The molecule has 0 amide bonds. The number of oxime groups is 1. The van der Waals surface area contributed by atoms with Crippen LogP contribution in [0.25, 0.3) is 0 Å². The first-order valence-corrected chi connectivity index (χ1v) is 3.99. The molecule has 15 heavy (non-hydrogen) atoms. The molecule has 0 bridgehead atoms. The molecule has 0 aromatic heterocycles. The second-order valence-corrected chi connectivity index (χ2v) is 2.91. The Kier molecular flexibility index (Phi) is 3.18. The summed E-state index contributed by atoms with van der Waals surface area (Å²) in [5, 5.41) is 9.62. The van der Waals surface area contributed by atoms with E-state index < -0.39 is 28.3 Å². The summed E-state index contributed by atoms with van der Waals surface area (Å²) in [7, 11) is 0. The van der Waals surface area contributed by atoms with Gasteiger partial charge in [0.05, 0.1) is 11.1 Å². The van der Waals surface area contributed by atoms with Gasteiger partial charge < -0.3 is 5.21 Å². The number of benzene rings is 1. The molecule has 0 heterocycles. The van der Waals surface area contributed by atoms with Gasteiger partial charge in [0, 0.05) is 0 Å². The normalized spacial score (nSPS) is 13.0. The van der Waals surface area contributed by atoms with Gasteiger partial charge in [-0.1, -0.05) is 22.8 Å². The van der Waals surface area contributed by atoms with E-state index in [1.165, 1.54) is 0 Å². The lowest BCUT2D eigenvalue weighted by Crippen LogP contribution is -2.13. The first-order valence-electron chi connectivity index (χ1n) is 3.61. The molecule has 0 aliphatic heterocycles. The summed E-state index contributed by atoms with van der Waals surface area (Å²) in [5.41, 5.74) is -2.25. The van der Waals surface area contributed by atoms with Gasteiger partial charge in [0.2, 0.25) is 0 Å². The molecule has 7 heteroatoms. The Hall–Kier alpha value is -1.30. The highest BCUT2D eigenvalue weighted by molar-refractivity contribution is 6.69. The van der Waals surface area contributed by atoms with Gasteiger partial charge in [0.25, 0.3) is 0 Å². The largest absolute Gasteiger partial charge is 0.417 e. The van der Waals surface area contributed by atoms with Crippen molar-refractivity contribution in [3.63, 3.8) is 0 Å². The maximum Gasteiger partial charge on any atom is 0.417 e. The molecular formula is C8H4ClF4NO.